The van der Waals surface area contributed by atoms with Crippen molar-refractivity contribution in [1.29, 1.82) is 0 Å². The zero-order valence-corrected chi connectivity index (χ0v) is 26.8. The maximum Gasteiger partial charge on any atom is 0.453 e. The summed E-state index contributed by atoms with van der Waals surface area (Å²) in [6.07, 6.45) is 0. The standard InChI is InChI=1S/C33H43O6P/c1-31(2,3)23-14-16-27(36-12)28-22-17-21(35-11)19-25(33(7,8)9)29(22)38-40(39-30(23)28)37-26-15-13-20(34-10)18-24(26)32(4,5)6/h13-19H,1-12H3. The van der Waals surface area contributed by atoms with E-state index in [0.717, 1.165) is 39.0 Å². The molecule has 0 aliphatic rings. The van der Waals surface area contributed by atoms with Crippen LogP contribution in [0.3, 0.4) is 0 Å². The van der Waals surface area contributed by atoms with E-state index in [1.54, 1.807) is 21.3 Å². The fourth-order valence-corrected chi connectivity index (χ4v) is 5.94. The van der Waals surface area contributed by atoms with E-state index in [-0.39, 0.29) is 16.2 Å². The first kappa shape index (κ1) is 29.7. The Hall–Kier alpha value is -3.24. The Kier molecular flexibility index (Phi) is 7.90. The Labute approximate surface area is 239 Å². The summed E-state index contributed by atoms with van der Waals surface area (Å²) in [5, 5.41) is 1.68. The zero-order chi connectivity index (χ0) is 29.6. The average molecular weight is 567 g/mol. The summed E-state index contributed by atoms with van der Waals surface area (Å²) in [4.78, 5) is 0. The van der Waals surface area contributed by atoms with Crippen molar-refractivity contribution in [1.82, 2.24) is 0 Å². The number of methoxy groups -OCH3 is 3. The van der Waals surface area contributed by atoms with E-state index in [4.69, 9.17) is 27.1 Å². The van der Waals surface area contributed by atoms with Gasteiger partial charge in [0.1, 0.15) is 28.6 Å². The second-order valence-electron chi connectivity index (χ2n) is 13.2. The third-order valence-corrected chi connectivity index (χ3v) is 8.03. The van der Waals surface area contributed by atoms with Crippen molar-refractivity contribution in [2.75, 3.05) is 21.3 Å². The van der Waals surface area contributed by atoms with Gasteiger partial charge in [0.25, 0.3) is 0 Å². The fourth-order valence-electron chi connectivity index (χ4n) is 4.82. The molecule has 4 rings (SSSR count). The van der Waals surface area contributed by atoms with Crippen LogP contribution in [0, 0.1) is 0 Å². The lowest BCUT2D eigenvalue weighted by molar-refractivity contribution is 0.409. The number of fused-ring (bicyclic) bond motifs is 3. The number of ether oxygens (including phenoxy) is 3. The molecule has 6 nitrogen and oxygen atoms in total. The Bertz CT molecular complexity index is 1580. The fraction of sp³-hybridized carbons (Fsp3) is 0.455. The van der Waals surface area contributed by atoms with E-state index in [9.17, 15) is 0 Å². The third kappa shape index (κ3) is 5.78. The highest BCUT2D eigenvalue weighted by atomic mass is 31.1. The van der Waals surface area contributed by atoms with Gasteiger partial charge in [-0.15, -0.1) is 0 Å². The van der Waals surface area contributed by atoms with Crippen molar-refractivity contribution >= 4 is 30.2 Å². The van der Waals surface area contributed by atoms with Crippen LogP contribution in [0.1, 0.15) is 79.0 Å². The van der Waals surface area contributed by atoms with Gasteiger partial charge in [-0.25, -0.2) is 0 Å². The molecule has 0 radical (unpaired) electrons. The molecule has 0 saturated heterocycles. The molecule has 0 aliphatic heterocycles. The minimum atomic E-state index is -1.92. The summed E-state index contributed by atoms with van der Waals surface area (Å²) in [5.74, 6) is 2.89. The van der Waals surface area contributed by atoms with E-state index in [1.807, 2.05) is 36.4 Å². The highest BCUT2D eigenvalue weighted by molar-refractivity contribution is 7.32. The van der Waals surface area contributed by atoms with Gasteiger partial charge in [-0.05, 0) is 52.6 Å². The SMILES string of the molecule is COc1ccc(Op2oc3c(C(C)(C)C)cc(OC)cc3c3c(OC)ccc(C(C)(C)C)c3o2)c(C(C)(C)C)c1. The van der Waals surface area contributed by atoms with Crippen LogP contribution < -0.4 is 18.7 Å². The summed E-state index contributed by atoms with van der Waals surface area (Å²) in [6, 6.07) is 13.9. The molecule has 1 aromatic heterocycles. The van der Waals surface area contributed by atoms with Gasteiger partial charge in [0, 0.05) is 22.1 Å². The van der Waals surface area contributed by atoms with Gasteiger partial charge < -0.3 is 27.1 Å². The van der Waals surface area contributed by atoms with Crippen molar-refractivity contribution in [3.63, 3.8) is 0 Å². The largest absolute Gasteiger partial charge is 0.497 e. The second-order valence-corrected chi connectivity index (χ2v) is 14.2. The predicted octanol–water partition coefficient (Wildman–Crippen LogP) is 10.1. The predicted molar refractivity (Wildman–Crippen MR) is 165 cm³/mol. The average Bonchev–Trinajstić information content (AvgIpc) is 3.02. The highest BCUT2D eigenvalue weighted by Crippen LogP contribution is 2.48. The van der Waals surface area contributed by atoms with Gasteiger partial charge >= 0.3 is 8.24 Å². The van der Waals surface area contributed by atoms with Crippen LogP contribution in [-0.2, 0) is 16.2 Å². The molecule has 0 amide bonds. The first-order chi connectivity index (χ1) is 18.6. The zero-order valence-electron chi connectivity index (χ0n) is 25.9. The van der Waals surface area contributed by atoms with E-state index < -0.39 is 8.24 Å². The molecule has 7 heteroatoms. The molecular weight excluding hydrogens is 523 g/mol. The van der Waals surface area contributed by atoms with Crippen molar-refractivity contribution < 1.29 is 27.1 Å². The summed E-state index contributed by atoms with van der Waals surface area (Å²) < 4.78 is 37.4. The molecule has 1 heterocycles. The summed E-state index contributed by atoms with van der Waals surface area (Å²) >= 11 is 0. The molecule has 216 valence electrons. The van der Waals surface area contributed by atoms with Gasteiger partial charge in [0.2, 0.25) is 0 Å². The van der Waals surface area contributed by atoms with Crippen molar-refractivity contribution in [2.45, 2.75) is 78.6 Å². The Balaban J connectivity index is 2.21. The van der Waals surface area contributed by atoms with Crippen LogP contribution >= 0.6 is 8.24 Å². The Morgan fingerprint density at radius 3 is 1.65 bits per heavy atom. The monoisotopic (exact) mass is 566 g/mol. The normalized spacial score (nSPS) is 12.9. The molecule has 1 atom stereocenters. The van der Waals surface area contributed by atoms with Gasteiger partial charge in [-0.2, -0.15) is 0 Å². The lowest BCUT2D eigenvalue weighted by Crippen LogP contribution is -2.12. The molecular formula is C33H43O6P. The topological polar surface area (TPSA) is 63.2 Å². The first-order valence-electron chi connectivity index (χ1n) is 13.6. The molecule has 0 bridgehead atoms. The summed E-state index contributed by atoms with van der Waals surface area (Å²) in [5.41, 5.74) is 3.73. The summed E-state index contributed by atoms with van der Waals surface area (Å²) in [6.45, 7) is 19.4. The van der Waals surface area contributed by atoms with Gasteiger partial charge in [-0.3, -0.25) is 0 Å². The number of benzene rings is 3. The van der Waals surface area contributed by atoms with Crippen molar-refractivity contribution in [3.8, 4) is 23.0 Å². The number of rotatable bonds is 5. The molecule has 4 aromatic rings. The Morgan fingerprint density at radius 2 is 1.10 bits per heavy atom. The molecule has 0 saturated carbocycles. The van der Waals surface area contributed by atoms with E-state index >= 15 is 0 Å². The van der Waals surface area contributed by atoms with Gasteiger partial charge in [-0.1, -0.05) is 68.4 Å². The molecule has 0 spiro atoms. The molecule has 40 heavy (non-hydrogen) atoms. The van der Waals surface area contributed by atoms with Crippen LogP contribution in [0.4, 0.5) is 0 Å². The van der Waals surface area contributed by atoms with E-state index in [0.29, 0.717) is 22.7 Å². The van der Waals surface area contributed by atoms with E-state index in [2.05, 4.69) is 68.4 Å². The number of hydrogen-bond donors (Lipinski definition) is 0. The van der Waals surface area contributed by atoms with Gasteiger partial charge in [0.15, 0.2) is 5.58 Å². The van der Waals surface area contributed by atoms with E-state index in [1.165, 1.54) is 0 Å². The minimum absolute atomic E-state index is 0.204. The Morgan fingerprint density at radius 1 is 0.550 bits per heavy atom. The molecule has 0 N–H and O–H groups in total. The molecule has 0 aliphatic carbocycles. The van der Waals surface area contributed by atoms with Gasteiger partial charge in [0.05, 0.1) is 26.7 Å². The lowest BCUT2D eigenvalue weighted by Gasteiger charge is -2.22. The van der Waals surface area contributed by atoms with Crippen LogP contribution in [0.15, 0.2) is 50.9 Å². The van der Waals surface area contributed by atoms with Crippen molar-refractivity contribution in [3.05, 3.63) is 59.2 Å². The summed E-state index contributed by atoms with van der Waals surface area (Å²) in [7, 11) is 3.10. The molecule has 3 aromatic carbocycles. The second kappa shape index (κ2) is 10.6. The lowest BCUT2D eigenvalue weighted by atomic mass is 9.84. The van der Waals surface area contributed by atoms with Crippen LogP contribution in [0.25, 0.3) is 21.9 Å². The van der Waals surface area contributed by atoms with Crippen LogP contribution in [0.2, 0.25) is 0 Å². The first-order valence-corrected chi connectivity index (χ1v) is 14.6. The molecule has 1 unspecified atom stereocenters. The van der Waals surface area contributed by atoms with Crippen LogP contribution in [0.5, 0.6) is 23.0 Å². The highest BCUT2D eigenvalue weighted by Gasteiger charge is 2.28. The van der Waals surface area contributed by atoms with Crippen LogP contribution in [-0.4, -0.2) is 21.3 Å². The molecule has 0 fully saturated rings. The quantitative estimate of drug-likeness (QED) is 0.239. The maximum absolute atomic E-state index is 6.78. The van der Waals surface area contributed by atoms with Crippen molar-refractivity contribution in [2.24, 2.45) is 0 Å². The maximum atomic E-state index is 6.78. The third-order valence-electron chi connectivity index (χ3n) is 7.02. The number of hydrogen-bond acceptors (Lipinski definition) is 6. The smallest absolute Gasteiger partial charge is 0.453 e. The minimum Gasteiger partial charge on any atom is -0.497 e.